The lowest BCUT2D eigenvalue weighted by Crippen LogP contribution is -2.11. The van der Waals surface area contributed by atoms with Gasteiger partial charge in [-0.3, -0.25) is 0 Å². The average molecular weight is 230 g/mol. The molecule has 1 nitrogen and oxygen atoms in total. The van der Waals surface area contributed by atoms with Gasteiger partial charge in [0, 0.05) is 0 Å². The Balaban J connectivity index is 2.91. The molecule has 0 aromatic rings. The van der Waals surface area contributed by atoms with Crippen LogP contribution in [0.1, 0.15) is 0 Å². The smallest absolute Gasteiger partial charge is 0.419 e. The van der Waals surface area contributed by atoms with Gasteiger partial charge in [0.2, 0.25) is 0 Å². The molecule has 0 atom stereocenters. The number of hydrogen-bond donors (Lipinski definition) is 0. The predicted molar refractivity (Wildman–Crippen MR) is 38.5 cm³/mol. The molecule has 1 aliphatic heterocycles. The van der Waals surface area contributed by atoms with Crippen molar-refractivity contribution >= 4 is 0 Å². The molecule has 0 aromatic heterocycles. The molecule has 0 aromatic carbocycles. The molecular formula is C8H4F6O. The first-order valence-electron chi connectivity index (χ1n) is 3.59. The monoisotopic (exact) mass is 230 g/mol. The molecule has 15 heavy (non-hydrogen) atoms. The molecule has 0 unspecified atom stereocenters. The van der Waals surface area contributed by atoms with Crippen LogP contribution in [0.25, 0.3) is 0 Å². The van der Waals surface area contributed by atoms with Crippen molar-refractivity contribution in [2.24, 2.45) is 0 Å². The molecule has 0 N–H and O–H groups in total. The van der Waals surface area contributed by atoms with Crippen LogP contribution in [0, 0.1) is 0 Å². The van der Waals surface area contributed by atoms with E-state index in [0.29, 0.717) is 12.2 Å². The van der Waals surface area contributed by atoms with Gasteiger partial charge in [-0.05, 0) is 12.2 Å². The fourth-order valence-corrected chi connectivity index (χ4v) is 0.761. The number of allylic oxidation sites excluding steroid dienone is 4. The second kappa shape index (κ2) is 3.63. The number of alkyl halides is 6. The second-order valence-corrected chi connectivity index (χ2v) is 2.61. The minimum Gasteiger partial charge on any atom is -0.471 e. The van der Waals surface area contributed by atoms with Crippen LogP contribution in [0.15, 0.2) is 35.8 Å². The van der Waals surface area contributed by atoms with Crippen LogP contribution in [0.3, 0.4) is 0 Å². The summed E-state index contributed by atoms with van der Waals surface area (Å²) in [6.07, 6.45) is -8.40. The van der Waals surface area contributed by atoms with Gasteiger partial charge in [-0.25, -0.2) is 0 Å². The van der Waals surface area contributed by atoms with E-state index in [9.17, 15) is 26.3 Å². The maximum absolute atomic E-state index is 12.0. The minimum absolute atomic E-state index is 0.217. The van der Waals surface area contributed by atoms with Gasteiger partial charge >= 0.3 is 12.4 Å². The fourth-order valence-electron chi connectivity index (χ4n) is 0.761. The Kier molecular flexibility index (Phi) is 2.83. The lowest BCUT2D eigenvalue weighted by atomic mass is 10.2. The standard InChI is InChI=1S/C8H4F6O/c9-7(10,11)5-1-2-6(4-15-3-5)8(12,13)14/h1-4H. The summed E-state index contributed by atoms with van der Waals surface area (Å²) in [4.78, 5) is 0. The zero-order chi connectivity index (χ0) is 11.7. The number of ether oxygens (including phenoxy) is 1. The van der Waals surface area contributed by atoms with Crippen molar-refractivity contribution in [2.75, 3.05) is 0 Å². The van der Waals surface area contributed by atoms with E-state index in [1.807, 2.05) is 0 Å². The molecule has 0 bridgehead atoms. The van der Waals surface area contributed by atoms with Crippen molar-refractivity contribution in [1.29, 1.82) is 0 Å². The van der Waals surface area contributed by atoms with Crippen molar-refractivity contribution in [2.45, 2.75) is 12.4 Å². The van der Waals surface area contributed by atoms with E-state index < -0.39 is 23.5 Å². The number of halogens is 6. The fraction of sp³-hybridized carbons (Fsp3) is 0.250. The zero-order valence-electron chi connectivity index (χ0n) is 6.99. The highest BCUT2D eigenvalue weighted by molar-refractivity contribution is 5.33. The lowest BCUT2D eigenvalue weighted by Gasteiger charge is -2.05. The summed E-state index contributed by atoms with van der Waals surface area (Å²) in [5, 5.41) is 0. The third kappa shape index (κ3) is 3.03. The third-order valence-corrected chi connectivity index (χ3v) is 1.49. The van der Waals surface area contributed by atoms with E-state index in [2.05, 4.69) is 4.74 Å². The van der Waals surface area contributed by atoms with Crippen LogP contribution >= 0.6 is 0 Å². The highest BCUT2D eigenvalue weighted by atomic mass is 19.4. The van der Waals surface area contributed by atoms with E-state index in [0.717, 1.165) is 0 Å². The molecule has 1 rings (SSSR count). The van der Waals surface area contributed by atoms with Crippen LogP contribution < -0.4 is 0 Å². The summed E-state index contributed by atoms with van der Waals surface area (Å²) in [6.45, 7) is 0. The Hall–Kier alpha value is -1.40. The Morgan fingerprint density at radius 1 is 0.733 bits per heavy atom. The molecule has 0 fully saturated rings. The number of rotatable bonds is 0. The van der Waals surface area contributed by atoms with E-state index in [1.54, 1.807) is 0 Å². The Labute approximate surface area is 80.3 Å². The van der Waals surface area contributed by atoms with Gasteiger partial charge in [0.15, 0.2) is 0 Å². The first-order chi connectivity index (χ1) is 6.71. The van der Waals surface area contributed by atoms with Crippen molar-refractivity contribution < 1.29 is 31.1 Å². The quantitative estimate of drug-likeness (QED) is 0.579. The first kappa shape index (κ1) is 11.7. The predicted octanol–water partition coefficient (Wildman–Crippen LogP) is 3.47. The van der Waals surface area contributed by atoms with Crippen molar-refractivity contribution in [3.8, 4) is 0 Å². The van der Waals surface area contributed by atoms with E-state index >= 15 is 0 Å². The minimum atomic E-state index is -4.73. The first-order valence-corrected chi connectivity index (χ1v) is 3.59. The Bertz CT molecular complexity index is 298. The third-order valence-electron chi connectivity index (χ3n) is 1.49. The van der Waals surface area contributed by atoms with Gasteiger partial charge < -0.3 is 4.74 Å². The van der Waals surface area contributed by atoms with E-state index in [1.165, 1.54) is 0 Å². The van der Waals surface area contributed by atoms with E-state index in [4.69, 9.17) is 0 Å². The maximum atomic E-state index is 12.0. The van der Waals surface area contributed by atoms with Gasteiger partial charge in [0.1, 0.15) is 12.5 Å². The summed E-state index contributed by atoms with van der Waals surface area (Å²) in [7, 11) is 0. The largest absolute Gasteiger partial charge is 0.471 e. The van der Waals surface area contributed by atoms with E-state index in [-0.39, 0.29) is 12.5 Å². The zero-order valence-corrected chi connectivity index (χ0v) is 6.99. The van der Waals surface area contributed by atoms with Crippen LogP contribution in [0.4, 0.5) is 26.3 Å². The molecule has 84 valence electrons. The molecule has 0 amide bonds. The lowest BCUT2D eigenvalue weighted by molar-refractivity contribution is -0.0904. The molecule has 0 saturated carbocycles. The second-order valence-electron chi connectivity index (χ2n) is 2.61. The van der Waals surface area contributed by atoms with Gasteiger partial charge in [0.25, 0.3) is 0 Å². The molecular weight excluding hydrogens is 226 g/mol. The maximum Gasteiger partial charge on any atom is 0.419 e. The summed E-state index contributed by atoms with van der Waals surface area (Å²) >= 11 is 0. The Morgan fingerprint density at radius 3 is 1.33 bits per heavy atom. The molecule has 0 aliphatic carbocycles. The van der Waals surface area contributed by atoms with Crippen LogP contribution in [0.2, 0.25) is 0 Å². The SMILES string of the molecule is FC(F)(F)C1=COC=C(C(F)(F)F)C=C1. The molecule has 0 radical (unpaired) electrons. The van der Waals surface area contributed by atoms with Crippen molar-refractivity contribution in [3.63, 3.8) is 0 Å². The number of hydrogen-bond acceptors (Lipinski definition) is 1. The summed E-state index contributed by atoms with van der Waals surface area (Å²) in [5.41, 5.74) is -2.56. The molecule has 0 saturated heterocycles. The summed E-state index contributed by atoms with van der Waals surface area (Å²) in [5.74, 6) is 0. The van der Waals surface area contributed by atoms with Gasteiger partial charge in [-0.1, -0.05) is 0 Å². The summed E-state index contributed by atoms with van der Waals surface area (Å²) < 4.78 is 76.3. The topological polar surface area (TPSA) is 9.23 Å². The van der Waals surface area contributed by atoms with Crippen molar-refractivity contribution in [3.05, 3.63) is 35.8 Å². The Morgan fingerprint density at radius 2 is 1.07 bits per heavy atom. The molecule has 1 heterocycles. The highest BCUT2D eigenvalue weighted by Crippen LogP contribution is 2.32. The molecule has 7 heteroatoms. The average Bonchev–Trinajstić information content (AvgIpc) is 2.24. The van der Waals surface area contributed by atoms with Crippen LogP contribution in [0.5, 0.6) is 0 Å². The van der Waals surface area contributed by atoms with Crippen LogP contribution in [-0.4, -0.2) is 12.4 Å². The van der Waals surface area contributed by atoms with Gasteiger partial charge in [-0.15, -0.1) is 0 Å². The van der Waals surface area contributed by atoms with Crippen molar-refractivity contribution in [1.82, 2.24) is 0 Å². The van der Waals surface area contributed by atoms with Crippen LogP contribution in [-0.2, 0) is 4.74 Å². The normalized spacial score (nSPS) is 17.7. The molecule has 1 aliphatic rings. The van der Waals surface area contributed by atoms with Gasteiger partial charge in [0.05, 0.1) is 11.1 Å². The highest BCUT2D eigenvalue weighted by Gasteiger charge is 2.36. The van der Waals surface area contributed by atoms with Gasteiger partial charge in [-0.2, -0.15) is 26.3 Å². The molecule has 0 spiro atoms. The summed E-state index contributed by atoms with van der Waals surface area (Å²) in [6, 6.07) is 0.